The molecule has 150 valence electrons. The molecular weight excluding hydrogens is 356 g/mol. The summed E-state index contributed by atoms with van der Waals surface area (Å²) in [5.41, 5.74) is 0.247. The van der Waals surface area contributed by atoms with E-state index >= 15 is 0 Å². The summed E-state index contributed by atoms with van der Waals surface area (Å²) in [6.45, 7) is 8.68. The second kappa shape index (κ2) is 8.56. The van der Waals surface area contributed by atoms with Gasteiger partial charge in [0.05, 0.1) is 6.54 Å². The molecule has 0 unspecified atom stereocenters. The number of likely N-dealkylation sites (tertiary alicyclic amines) is 1. The zero-order chi connectivity index (χ0) is 20.1. The van der Waals surface area contributed by atoms with Gasteiger partial charge in [0, 0.05) is 50.1 Å². The summed E-state index contributed by atoms with van der Waals surface area (Å²) in [5, 5.41) is 2.77. The van der Waals surface area contributed by atoms with Crippen molar-refractivity contribution in [2.24, 2.45) is 0 Å². The lowest BCUT2D eigenvalue weighted by Gasteiger charge is -2.38. The van der Waals surface area contributed by atoms with Crippen LogP contribution in [-0.4, -0.2) is 58.1 Å². The Morgan fingerprint density at radius 3 is 2.61 bits per heavy atom. The molecule has 1 amide bonds. The molecule has 0 radical (unpaired) electrons. The summed E-state index contributed by atoms with van der Waals surface area (Å²) in [6.07, 6.45) is 3.29. The van der Waals surface area contributed by atoms with Crippen LogP contribution in [0.1, 0.15) is 42.9 Å². The van der Waals surface area contributed by atoms with Crippen LogP contribution in [-0.2, 0) is 11.3 Å². The fourth-order valence-corrected chi connectivity index (χ4v) is 3.24. The Morgan fingerprint density at radius 2 is 1.93 bits per heavy atom. The number of carbonyl (C=O) groups excluding carboxylic acids is 2. The molecule has 1 aromatic heterocycles. The van der Waals surface area contributed by atoms with Gasteiger partial charge in [-0.15, -0.1) is 0 Å². The third-order valence-electron chi connectivity index (χ3n) is 4.55. The smallest absolute Gasteiger partial charge is 0.407 e. The fraction of sp³-hybridized carbons (Fsp3) is 0.476. The molecule has 28 heavy (non-hydrogen) atoms. The Bertz CT molecular complexity index is 805. The highest BCUT2D eigenvalue weighted by Crippen LogP contribution is 2.25. The van der Waals surface area contributed by atoms with Crippen LogP contribution in [0.5, 0.6) is 0 Å². The maximum atomic E-state index is 12.3. The summed E-state index contributed by atoms with van der Waals surface area (Å²) < 4.78 is 7.30. The number of ketones is 1. The minimum Gasteiger partial charge on any atom is -0.444 e. The average molecular weight is 384 g/mol. The first-order valence-electron chi connectivity index (χ1n) is 9.60. The van der Waals surface area contributed by atoms with Crippen molar-refractivity contribution in [1.29, 1.82) is 0 Å². The van der Waals surface area contributed by atoms with Gasteiger partial charge in [0.2, 0.25) is 0 Å². The number of aromatic nitrogens is 2. The SMILES string of the molecule is CC(C)(C)OC(=O)NCCn1ccnc1C1CN(CC(=O)c2ccccc2)C1. The van der Waals surface area contributed by atoms with Crippen LogP contribution in [0.4, 0.5) is 4.79 Å². The fourth-order valence-electron chi connectivity index (χ4n) is 3.24. The largest absolute Gasteiger partial charge is 0.444 e. The van der Waals surface area contributed by atoms with Crippen LogP contribution >= 0.6 is 0 Å². The minimum atomic E-state index is -0.503. The number of imidazole rings is 1. The van der Waals surface area contributed by atoms with E-state index in [0.717, 1.165) is 24.5 Å². The molecule has 0 spiro atoms. The quantitative estimate of drug-likeness (QED) is 0.743. The van der Waals surface area contributed by atoms with Crippen LogP contribution in [0.25, 0.3) is 0 Å². The summed E-state index contributed by atoms with van der Waals surface area (Å²) in [4.78, 5) is 30.6. The van der Waals surface area contributed by atoms with E-state index < -0.39 is 11.7 Å². The molecule has 0 atom stereocenters. The van der Waals surface area contributed by atoms with Crippen molar-refractivity contribution >= 4 is 11.9 Å². The Morgan fingerprint density at radius 1 is 1.21 bits per heavy atom. The van der Waals surface area contributed by atoms with Crippen LogP contribution in [0, 0.1) is 0 Å². The normalized spacial score (nSPS) is 15.1. The van der Waals surface area contributed by atoms with E-state index in [4.69, 9.17) is 4.74 Å². The van der Waals surface area contributed by atoms with Crippen molar-refractivity contribution in [2.75, 3.05) is 26.2 Å². The number of Topliss-reactive ketones (excluding diaryl/α,β-unsaturated/α-hetero) is 1. The highest BCUT2D eigenvalue weighted by Gasteiger charge is 2.32. The predicted molar refractivity (Wildman–Crippen MR) is 106 cm³/mol. The maximum absolute atomic E-state index is 12.3. The van der Waals surface area contributed by atoms with Gasteiger partial charge in [-0.2, -0.15) is 0 Å². The van der Waals surface area contributed by atoms with Crippen LogP contribution in [0.3, 0.4) is 0 Å². The van der Waals surface area contributed by atoms with Crippen LogP contribution < -0.4 is 5.32 Å². The Hall–Kier alpha value is -2.67. The van der Waals surface area contributed by atoms with Gasteiger partial charge in [-0.1, -0.05) is 30.3 Å². The molecule has 1 aliphatic rings. The van der Waals surface area contributed by atoms with Crippen molar-refractivity contribution < 1.29 is 14.3 Å². The first kappa shape index (κ1) is 20.1. The highest BCUT2D eigenvalue weighted by molar-refractivity contribution is 5.97. The topological polar surface area (TPSA) is 76.5 Å². The summed E-state index contributed by atoms with van der Waals surface area (Å²) in [7, 11) is 0. The molecule has 1 saturated heterocycles. The van der Waals surface area contributed by atoms with Crippen molar-refractivity contribution in [3.05, 3.63) is 54.1 Å². The van der Waals surface area contributed by atoms with E-state index in [-0.39, 0.29) is 5.78 Å². The van der Waals surface area contributed by atoms with Gasteiger partial charge in [0.25, 0.3) is 0 Å². The summed E-state index contributed by atoms with van der Waals surface area (Å²) in [6, 6.07) is 9.38. The third kappa shape index (κ3) is 5.42. The van der Waals surface area contributed by atoms with Crippen molar-refractivity contribution in [3.63, 3.8) is 0 Å². The number of benzene rings is 1. The third-order valence-corrected chi connectivity index (χ3v) is 4.55. The molecule has 1 fully saturated rings. The molecule has 2 aromatic rings. The molecule has 0 bridgehead atoms. The number of alkyl carbamates (subject to hydrolysis) is 1. The average Bonchev–Trinajstić information content (AvgIpc) is 3.04. The molecule has 2 heterocycles. The van der Waals surface area contributed by atoms with Crippen molar-refractivity contribution in [2.45, 2.75) is 38.8 Å². The first-order chi connectivity index (χ1) is 13.3. The number of hydrogen-bond donors (Lipinski definition) is 1. The van der Waals surface area contributed by atoms with Gasteiger partial charge in [-0.05, 0) is 20.8 Å². The second-order valence-electron chi connectivity index (χ2n) is 8.09. The van der Waals surface area contributed by atoms with E-state index in [1.54, 1.807) is 6.20 Å². The summed E-state index contributed by atoms with van der Waals surface area (Å²) >= 11 is 0. The molecule has 1 aliphatic heterocycles. The lowest BCUT2D eigenvalue weighted by atomic mass is 9.98. The monoisotopic (exact) mass is 384 g/mol. The molecular formula is C21H28N4O3. The number of hydrogen-bond acceptors (Lipinski definition) is 5. The number of carbonyl (C=O) groups is 2. The molecule has 7 heteroatoms. The van der Waals surface area contributed by atoms with E-state index in [1.165, 1.54) is 0 Å². The Labute approximate surface area is 165 Å². The van der Waals surface area contributed by atoms with Crippen molar-refractivity contribution in [3.8, 4) is 0 Å². The number of amides is 1. The Kier molecular flexibility index (Phi) is 6.14. The minimum absolute atomic E-state index is 0.143. The number of nitrogens with zero attached hydrogens (tertiary/aromatic N) is 3. The van der Waals surface area contributed by atoms with Gasteiger partial charge < -0.3 is 14.6 Å². The van der Waals surface area contributed by atoms with E-state index in [1.807, 2.05) is 57.3 Å². The van der Waals surface area contributed by atoms with Gasteiger partial charge >= 0.3 is 6.09 Å². The van der Waals surface area contributed by atoms with Gasteiger partial charge in [0.1, 0.15) is 11.4 Å². The maximum Gasteiger partial charge on any atom is 0.407 e. The van der Waals surface area contributed by atoms with Gasteiger partial charge in [0.15, 0.2) is 5.78 Å². The lowest BCUT2D eigenvalue weighted by molar-refractivity contribution is 0.0525. The van der Waals surface area contributed by atoms with Crippen LogP contribution in [0.2, 0.25) is 0 Å². The molecule has 7 nitrogen and oxygen atoms in total. The van der Waals surface area contributed by atoms with E-state index in [9.17, 15) is 9.59 Å². The number of ether oxygens (including phenoxy) is 1. The number of rotatable bonds is 7. The van der Waals surface area contributed by atoms with Gasteiger partial charge in [-0.25, -0.2) is 9.78 Å². The standard InChI is InChI=1S/C21H28N4O3/c1-21(2,3)28-20(27)23-10-12-25-11-9-22-19(25)17-13-24(14-17)15-18(26)16-7-5-4-6-8-16/h4-9,11,17H,10,12-15H2,1-3H3,(H,23,27). The second-order valence-corrected chi connectivity index (χ2v) is 8.09. The first-order valence-corrected chi connectivity index (χ1v) is 9.60. The molecule has 0 aliphatic carbocycles. The highest BCUT2D eigenvalue weighted by atomic mass is 16.6. The molecule has 1 N–H and O–H groups in total. The van der Waals surface area contributed by atoms with Crippen LogP contribution in [0.15, 0.2) is 42.7 Å². The van der Waals surface area contributed by atoms with E-state index in [0.29, 0.717) is 25.6 Å². The van der Waals surface area contributed by atoms with Crippen molar-refractivity contribution in [1.82, 2.24) is 19.8 Å². The molecule has 0 saturated carbocycles. The zero-order valence-electron chi connectivity index (χ0n) is 16.7. The number of nitrogens with one attached hydrogen (secondary N) is 1. The molecule has 3 rings (SSSR count). The Balaban J connectivity index is 1.44. The zero-order valence-corrected chi connectivity index (χ0v) is 16.7. The lowest BCUT2D eigenvalue weighted by Crippen LogP contribution is -2.48. The van der Waals surface area contributed by atoms with E-state index in [2.05, 4.69) is 19.8 Å². The predicted octanol–water partition coefficient (Wildman–Crippen LogP) is 2.69. The van der Waals surface area contributed by atoms with Gasteiger partial charge in [-0.3, -0.25) is 9.69 Å². The molecule has 1 aromatic carbocycles. The summed E-state index contributed by atoms with van der Waals surface area (Å²) in [5.74, 6) is 1.44.